The summed E-state index contributed by atoms with van der Waals surface area (Å²) in [5.41, 5.74) is 1.62. The van der Waals surface area contributed by atoms with Crippen LogP contribution in [0.15, 0.2) is 30.5 Å². The first-order valence-electron chi connectivity index (χ1n) is 11.9. The van der Waals surface area contributed by atoms with Crippen molar-refractivity contribution in [3.63, 3.8) is 0 Å². The Morgan fingerprint density at radius 2 is 1.79 bits per heavy atom. The minimum Gasteiger partial charge on any atom is -0.494 e. The molecule has 3 aromatic rings. The number of hydrogen-bond acceptors (Lipinski definition) is 7. The number of amides is 1. The van der Waals surface area contributed by atoms with Gasteiger partial charge in [0.15, 0.2) is 0 Å². The number of carbonyl (C=O) groups is 1. The second-order valence-electron chi connectivity index (χ2n) is 8.95. The highest BCUT2D eigenvalue weighted by Gasteiger charge is 2.24. The summed E-state index contributed by atoms with van der Waals surface area (Å²) >= 11 is 0. The van der Waals surface area contributed by atoms with Crippen LogP contribution in [0.2, 0.25) is 0 Å². The Morgan fingerprint density at radius 3 is 2.38 bits per heavy atom. The summed E-state index contributed by atoms with van der Waals surface area (Å²) in [6.07, 6.45) is 1.90. The second-order valence-corrected chi connectivity index (χ2v) is 8.95. The molecule has 0 unspecified atom stereocenters. The third kappa shape index (κ3) is 4.73. The molecule has 9 heteroatoms. The number of aromatic hydroxyl groups is 1. The highest BCUT2D eigenvalue weighted by Crippen LogP contribution is 2.35. The number of benzene rings is 1. The number of ether oxygens (including phenoxy) is 1. The first-order chi connectivity index (χ1) is 16.3. The van der Waals surface area contributed by atoms with Crippen LogP contribution in [0.3, 0.4) is 0 Å². The van der Waals surface area contributed by atoms with E-state index in [0.717, 1.165) is 16.7 Å². The van der Waals surface area contributed by atoms with E-state index in [1.165, 1.54) is 0 Å². The molecule has 2 aromatic heterocycles. The molecular formula is C25H34N6O3. The second kappa shape index (κ2) is 9.79. The number of nitrogens with one attached hydrogen (secondary N) is 1. The van der Waals surface area contributed by atoms with Crippen molar-refractivity contribution in [1.29, 1.82) is 0 Å². The van der Waals surface area contributed by atoms with E-state index in [1.807, 2.05) is 60.7 Å². The molecule has 2 N–H and O–H groups in total. The average Bonchev–Trinajstić information content (AvgIpc) is 3.17. The lowest BCUT2D eigenvalue weighted by Gasteiger charge is -2.34. The lowest BCUT2D eigenvalue weighted by Crippen LogP contribution is -2.48. The van der Waals surface area contributed by atoms with Gasteiger partial charge in [0.1, 0.15) is 17.1 Å². The summed E-state index contributed by atoms with van der Waals surface area (Å²) in [6, 6.07) is 8.06. The van der Waals surface area contributed by atoms with Crippen LogP contribution in [0.5, 0.6) is 11.6 Å². The van der Waals surface area contributed by atoms with E-state index in [0.29, 0.717) is 50.1 Å². The smallest absolute Gasteiger partial charge is 0.228 e. The van der Waals surface area contributed by atoms with Crippen LogP contribution in [0.25, 0.3) is 10.9 Å². The molecule has 1 saturated heterocycles. The standard InChI is InChI=1S/C25H34N6O3/c1-6-34-20-9-7-19(8-10-20)17(4)26-23-21-15-31(16(2)3)24(33)22(21)27-25(28-23)30-13-11-29(12-14-30)18(5)32/h7-10,15-17,33H,6,11-14H2,1-5H3,(H,26,27,28)/t17-/m1/s1. The predicted octanol–water partition coefficient (Wildman–Crippen LogP) is 3.96. The molecule has 0 spiro atoms. The largest absolute Gasteiger partial charge is 0.494 e. The fraction of sp³-hybridized carbons (Fsp3) is 0.480. The maximum atomic E-state index is 11.7. The van der Waals surface area contributed by atoms with Crippen molar-refractivity contribution in [2.24, 2.45) is 0 Å². The number of rotatable bonds is 7. The van der Waals surface area contributed by atoms with Gasteiger partial charge in [0.2, 0.25) is 17.7 Å². The van der Waals surface area contributed by atoms with Gasteiger partial charge in [0, 0.05) is 51.4 Å². The van der Waals surface area contributed by atoms with Crippen LogP contribution in [0.1, 0.15) is 52.3 Å². The fourth-order valence-corrected chi connectivity index (χ4v) is 4.25. The zero-order valence-corrected chi connectivity index (χ0v) is 20.6. The van der Waals surface area contributed by atoms with Crippen molar-refractivity contribution in [1.82, 2.24) is 19.4 Å². The lowest BCUT2D eigenvalue weighted by atomic mass is 10.1. The number of carbonyl (C=O) groups excluding carboxylic acids is 1. The monoisotopic (exact) mass is 466 g/mol. The molecular weight excluding hydrogens is 432 g/mol. The molecule has 1 fully saturated rings. The van der Waals surface area contributed by atoms with E-state index in [2.05, 4.69) is 17.1 Å². The number of fused-ring (bicyclic) bond motifs is 1. The van der Waals surface area contributed by atoms with Gasteiger partial charge in [-0.1, -0.05) is 12.1 Å². The van der Waals surface area contributed by atoms with Crippen molar-refractivity contribution >= 4 is 28.6 Å². The first-order valence-corrected chi connectivity index (χ1v) is 11.9. The van der Waals surface area contributed by atoms with Crippen LogP contribution in [-0.2, 0) is 4.79 Å². The van der Waals surface area contributed by atoms with Gasteiger partial charge in [0.05, 0.1) is 12.0 Å². The number of hydrogen-bond donors (Lipinski definition) is 2. The quantitative estimate of drug-likeness (QED) is 0.544. The Balaban J connectivity index is 1.67. The van der Waals surface area contributed by atoms with Gasteiger partial charge < -0.3 is 29.5 Å². The van der Waals surface area contributed by atoms with Gasteiger partial charge in [-0.15, -0.1) is 0 Å². The van der Waals surface area contributed by atoms with Crippen molar-refractivity contribution in [2.45, 2.75) is 46.7 Å². The van der Waals surface area contributed by atoms with Gasteiger partial charge in [0.25, 0.3) is 0 Å². The molecule has 3 heterocycles. The summed E-state index contributed by atoms with van der Waals surface area (Å²) in [5, 5.41) is 15.2. The van der Waals surface area contributed by atoms with Gasteiger partial charge >= 0.3 is 0 Å². The normalized spacial score (nSPS) is 15.1. The SMILES string of the molecule is CCOc1ccc([C@@H](C)Nc2nc(N3CCN(C(C)=O)CC3)nc3c(O)n(C(C)C)cc23)cc1. The number of piperazine rings is 1. The lowest BCUT2D eigenvalue weighted by molar-refractivity contribution is -0.129. The minimum absolute atomic E-state index is 0.0271. The van der Waals surface area contributed by atoms with Gasteiger partial charge in [-0.05, 0) is 45.4 Å². The molecule has 0 saturated carbocycles. The van der Waals surface area contributed by atoms with Crippen LogP contribution in [0.4, 0.5) is 11.8 Å². The molecule has 182 valence electrons. The maximum absolute atomic E-state index is 11.7. The van der Waals surface area contributed by atoms with Crippen LogP contribution in [-0.4, -0.2) is 63.2 Å². The van der Waals surface area contributed by atoms with E-state index < -0.39 is 0 Å². The van der Waals surface area contributed by atoms with Gasteiger partial charge in [-0.25, -0.2) is 4.98 Å². The topological polar surface area (TPSA) is 95.8 Å². The van der Waals surface area contributed by atoms with E-state index in [-0.39, 0.29) is 23.9 Å². The Morgan fingerprint density at radius 1 is 1.12 bits per heavy atom. The number of aromatic nitrogens is 3. The molecule has 9 nitrogen and oxygen atoms in total. The molecule has 1 aromatic carbocycles. The van der Waals surface area contributed by atoms with E-state index >= 15 is 0 Å². The van der Waals surface area contributed by atoms with Crippen LogP contribution >= 0.6 is 0 Å². The number of nitrogens with zero attached hydrogens (tertiary/aromatic N) is 5. The summed E-state index contributed by atoms with van der Waals surface area (Å²) in [4.78, 5) is 25.2. The zero-order valence-electron chi connectivity index (χ0n) is 20.6. The summed E-state index contributed by atoms with van der Waals surface area (Å²) in [6.45, 7) is 12.8. The highest BCUT2D eigenvalue weighted by atomic mass is 16.5. The van der Waals surface area contributed by atoms with Crippen molar-refractivity contribution in [3.05, 3.63) is 36.0 Å². The molecule has 1 aliphatic rings. The molecule has 0 bridgehead atoms. The maximum Gasteiger partial charge on any atom is 0.228 e. The molecule has 1 aliphatic heterocycles. The van der Waals surface area contributed by atoms with Crippen molar-refractivity contribution < 1.29 is 14.6 Å². The molecule has 4 rings (SSSR count). The molecule has 0 aliphatic carbocycles. The molecule has 34 heavy (non-hydrogen) atoms. The minimum atomic E-state index is -0.0271. The fourth-order valence-electron chi connectivity index (χ4n) is 4.25. The Labute approximate surface area is 200 Å². The molecule has 1 amide bonds. The Kier molecular flexibility index (Phi) is 6.81. The van der Waals surface area contributed by atoms with E-state index in [9.17, 15) is 9.90 Å². The predicted molar refractivity (Wildman–Crippen MR) is 134 cm³/mol. The average molecular weight is 467 g/mol. The first kappa shape index (κ1) is 23.7. The van der Waals surface area contributed by atoms with Crippen LogP contribution < -0.4 is 15.0 Å². The van der Waals surface area contributed by atoms with Gasteiger partial charge in [-0.2, -0.15) is 4.98 Å². The summed E-state index contributed by atoms with van der Waals surface area (Å²) in [5.74, 6) is 2.27. The Hall–Kier alpha value is -3.49. The third-order valence-corrected chi connectivity index (χ3v) is 6.27. The molecule has 1 atom stereocenters. The summed E-state index contributed by atoms with van der Waals surface area (Å²) in [7, 11) is 0. The van der Waals surface area contributed by atoms with Crippen molar-refractivity contribution in [3.8, 4) is 11.6 Å². The highest BCUT2D eigenvalue weighted by molar-refractivity contribution is 5.94. The van der Waals surface area contributed by atoms with Gasteiger partial charge in [-0.3, -0.25) is 4.79 Å². The number of anilines is 2. The zero-order chi connectivity index (χ0) is 24.4. The van der Waals surface area contributed by atoms with Crippen molar-refractivity contribution in [2.75, 3.05) is 43.0 Å². The van der Waals surface area contributed by atoms with Crippen LogP contribution in [0, 0.1) is 0 Å². The third-order valence-electron chi connectivity index (χ3n) is 6.27. The van der Waals surface area contributed by atoms with E-state index in [4.69, 9.17) is 14.7 Å². The summed E-state index contributed by atoms with van der Waals surface area (Å²) < 4.78 is 7.37. The van der Waals surface area contributed by atoms with E-state index in [1.54, 1.807) is 6.92 Å². The molecule has 0 radical (unpaired) electrons. The Bertz CT molecular complexity index is 1150.